The second-order valence-electron chi connectivity index (χ2n) is 9.48. The molecule has 1 amide bonds. The standard InChI is InChI=1S/C25H36N2O10/c1-2-36-25(35)16-5-6-18(23(31)32)17(12-16)14-37-27-10-3-9-26-22(30)20-13-15(21(29)8-11-28)4-7-19(20)24(33)34/h15-20,27-28H,2-7,9-10,12-14H2,1H3,(H,26,30)(H,31,32)(H,33,34). The highest BCUT2D eigenvalue weighted by Crippen LogP contribution is 2.36. The summed E-state index contributed by atoms with van der Waals surface area (Å²) in [4.78, 5) is 65.3. The number of nitrogens with one attached hydrogen (secondary N) is 2. The van der Waals surface area contributed by atoms with Gasteiger partial charge in [-0.2, -0.15) is 0 Å². The summed E-state index contributed by atoms with van der Waals surface area (Å²) in [5, 5.41) is 30.3. The molecule has 0 aromatic heterocycles. The predicted octanol–water partition coefficient (Wildman–Crippen LogP) is 0.714. The molecule has 6 atom stereocenters. The number of aliphatic carboxylic acids is 2. The minimum absolute atomic E-state index is 0.0522. The summed E-state index contributed by atoms with van der Waals surface area (Å²) in [6.45, 7) is 2.67. The Bertz CT molecular complexity index is 896. The van der Waals surface area contributed by atoms with Gasteiger partial charge in [-0.3, -0.25) is 24.0 Å². The number of Topliss-reactive ketones (excluding diaryl/α,β-unsaturated/α-hetero) is 1. The van der Waals surface area contributed by atoms with Crippen LogP contribution in [-0.2, 0) is 33.5 Å². The number of esters is 1. The molecule has 2 fully saturated rings. The lowest BCUT2D eigenvalue weighted by Gasteiger charge is -2.32. The van der Waals surface area contributed by atoms with E-state index in [4.69, 9.17) is 14.7 Å². The van der Waals surface area contributed by atoms with E-state index >= 15 is 0 Å². The summed E-state index contributed by atoms with van der Waals surface area (Å²) in [5.41, 5.74) is 2.74. The van der Waals surface area contributed by atoms with Crippen LogP contribution in [0.2, 0.25) is 0 Å². The topological polar surface area (TPSA) is 189 Å². The number of ketones is 1. The number of carboxylic acid groups (broad SMARTS) is 2. The molecule has 37 heavy (non-hydrogen) atoms. The molecule has 2 rings (SSSR count). The predicted molar refractivity (Wildman–Crippen MR) is 127 cm³/mol. The molecule has 0 radical (unpaired) electrons. The van der Waals surface area contributed by atoms with Crippen LogP contribution >= 0.6 is 0 Å². The number of hydrogen-bond donors (Lipinski definition) is 5. The number of ether oxygens (including phenoxy) is 1. The quantitative estimate of drug-likeness (QED) is 0.0988. The first kappa shape index (κ1) is 30.1. The van der Waals surface area contributed by atoms with Crippen molar-refractivity contribution in [1.82, 2.24) is 10.8 Å². The van der Waals surface area contributed by atoms with Crippen LogP contribution in [0.25, 0.3) is 0 Å². The fourth-order valence-electron chi connectivity index (χ4n) is 5.14. The summed E-state index contributed by atoms with van der Waals surface area (Å²) in [6, 6.07) is 0. The molecule has 5 N–H and O–H groups in total. The maximum atomic E-state index is 12.7. The van der Waals surface area contributed by atoms with Crippen molar-refractivity contribution >= 4 is 29.6 Å². The molecular weight excluding hydrogens is 488 g/mol. The van der Waals surface area contributed by atoms with Crippen LogP contribution in [0.4, 0.5) is 0 Å². The van der Waals surface area contributed by atoms with Crippen molar-refractivity contribution in [1.29, 1.82) is 0 Å². The summed E-state index contributed by atoms with van der Waals surface area (Å²) < 4.78 is 5.06. The molecule has 206 valence electrons. The largest absolute Gasteiger partial charge is 0.481 e. The summed E-state index contributed by atoms with van der Waals surface area (Å²) >= 11 is 0. The Morgan fingerprint density at radius 2 is 1.57 bits per heavy atom. The number of aliphatic hydroxyl groups is 1. The maximum absolute atomic E-state index is 12.7. The van der Waals surface area contributed by atoms with Gasteiger partial charge in [0.15, 0.2) is 0 Å². The number of carboxylic acids is 2. The van der Waals surface area contributed by atoms with Gasteiger partial charge in [0.1, 0.15) is 6.11 Å². The zero-order valence-electron chi connectivity index (χ0n) is 20.9. The molecular formula is C25H36N2O10. The Balaban J connectivity index is 1.74. The molecule has 0 heterocycles. The molecule has 2 aliphatic carbocycles. The number of carbonyl (C=O) groups excluding carboxylic acids is 3. The molecule has 0 bridgehead atoms. The van der Waals surface area contributed by atoms with Gasteiger partial charge in [0, 0.05) is 24.9 Å². The highest BCUT2D eigenvalue weighted by atomic mass is 16.6. The Morgan fingerprint density at radius 1 is 0.892 bits per heavy atom. The first-order valence-electron chi connectivity index (χ1n) is 12.6. The third kappa shape index (κ3) is 9.02. The first-order valence-corrected chi connectivity index (χ1v) is 12.6. The number of hydroxylamine groups is 1. The summed E-state index contributed by atoms with van der Waals surface area (Å²) in [7, 11) is 0. The second kappa shape index (κ2) is 15.2. The monoisotopic (exact) mass is 524 g/mol. The molecule has 12 nitrogen and oxygen atoms in total. The fourth-order valence-corrected chi connectivity index (χ4v) is 5.14. The van der Waals surface area contributed by atoms with Crippen LogP contribution in [0.3, 0.4) is 0 Å². The number of aliphatic hydroxyl groups excluding tert-OH is 1. The van der Waals surface area contributed by atoms with Crippen molar-refractivity contribution in [2.24, 2.45) is 35.5 Å². The van der Waals surface area contributed by atoms with Crippen molar-refractivity contribution in [3.05, 3.63) is 0 Å². The van der Waals surface area contributed by atoms with Crippen LogP contribution in [0, 0.1) is 47.5 Å². The Morgan fingerprint density at radius 3 is 2.22 bits per heavy atom. The van der Waals surface area contributed by atoms with Gasteiger partial charge in [-0.1, -0.05) is 0 Å². The lowest BCUT2D eigenvalue weighted by molar-refractivity contribution is -0.156. The van der Waals surface area contributed by atoms with Crippen molar-refractivity contribution in [3.63, 3.8) is 0 Å². The average molecular weight is 525 g/mol. The number of hydrogen-bond acceptors (Lipinski definition) is 9. The van der Waals surface area contributed by atoms with E-state index in [1.54, 1.807) is 13.0 Å². The SMILES string of the molecule is CCOC(=O)C1CCC(C(=O)O)C(CONCCCNC(=O)C2CC(C(=O)C#CO)CCC2C(=O)O)C1. The normalized spacial score (nSPS) is 27.3. The van der Waals surface area contributed by atoms with Gasteiger partial charge in [-0.15, -0.1) is 0 Å². The third-order valence-electron chi connectivity index (χ3n) is 7.13. The van der Waals surface area contributed by atoms with Crippen LogP contribution in [0.15, 0.2) is 0 Å². The van der Waals surface area contributed by atoms with E-state index in [0.29, 0.717) is 38.6 Å². The maximum Gasteiger partial charge on any atom is 0.308 e. The zero-order chi connectivity index (χ0) is 27.4. The average Bonchev–Trinajstić information content (AvgIpc) is 2.87. The highest BCUT2D eigenvalue weighted by Gasteiger charge is 2.41. The third-order valence-corrected chi connectivity index (χ3v) is 7.13. The number of rotatable bonds is 13. The first-order chi connectivity index (χ1) is 17.7. The van der Waals surface area contributed by atoms with Crippen molar-refractivity contribution < 1.29 is 48.9 Å². The van der Waals surface area contributed by atoms with Crippen molar-refractivity contribution in [2.75, 3.05) is 26.3 Å². The van der Waals surface area contributed by atoms with Crippen molar-refractivity contribution in [3.8, 4) is 12.0 Å². The molecule has 0 saturated heterocycles. The van der Waals surface area contributed by atoms with Gasteiger partial charge in [0.25, 0.3) is 0 Å². The number of amides is 1. The second-order valence-corrected chi connectivity index (χ2v) is 9.48. The smallest absolute Gasteiger partial charge is 0.308 e. The molecule has 0 aliphatic heterocycles. The van der Waals surface area contributed by atoms with E-state index in [0.717, 1.165) is 0 Å². The van der Waals surface area contributed by atoms with Gasteiger partial charge in [0.2, 0.25) is 11.7 Å². The van der Waals surface area contributed by atoms with Crippen LogP contribution < -0.4 is 10.8 Å². The zero-order valence-corrected chi connectivity index (χ0v) is 20.9. The molecule has 2 aliphatic rings. The van der Waals surface area contributed by atoms with E-state index in [2.05, 4.69) is 10.8 Å². The summed E-state index contributed by atoms with van der Waals surface area (Å²) in [5.74, 6) is -4.94. The van der Waals surface area contributed by atoms with E-state index in [9.17, 15) is 34.2 Å². The minimum Gasteiger partial charge on any atom is -0.481 e. The molecule has 0 spiro atoms. The van der Waals surface area contributed by atoms with E-state index < -0.39 is 47.3 Å². The lowest BCUT2D eigenvalue weighted by atomic mass is 9.72. The lowest BCUT2D eigenvalue weighted by Crippen LogP contribution is -2.43. The summed E-state index contributed by atoms with van der Waals surface area (Å²) in [6.07, 6.45) is 3.73. The van der Waals surface area contributed by atoms with E-state index in [-0.39, 0.29) is 50.4 Å². The van der Waals surface area contributed by atoms with Gasteiger partial charge in [-0.25, -0.2) is 5.48 Å². The molecule has 6 unspecified atom stereocenters. The van der Waals surface area contributed by atoms with E-state index in [1.807, 2.05) is 5.92 Å². The molecule has 12 heteroatoms. The molecule has 0 aromatic carbocycles. The van der Waals surface area contributed by atoms with E-state index in [1.165, 1.54) is 0 Å². The van der Waals surface area contributed by atoms with Crippen LogP contribution in [-0.4, -0.2) is 71.2 Å². The molecule has 0 aromatic rings. The van der Waals surface area contributed by atoms with Gasteiger partial charge >= 0.3 is 17.9 Å². The Hall–Kier alpha value is -3.17. The van der Waals surface area contributed by atoms with Gasteiger partial charge < -0.3 is 30.2 Å². The van der Waals surface area contributed by atoms with Gasteiger partial charge in [0.05, 0.1) is 36.9 Å². The number of carbonyl (C=O) groups is 5. The fraction of sp³-hybridized carbons (Fsp3) is 0.720. The van der Waals surface area contributed by atoms with Crippen LogP contribution in [0.5, 0.6) is 0 Å². The van der Waals surface area contributed by atoms with Crippen LogP contribution in [0.1, 0.15) is 51.9 Å². The minimum atomic E-state index is -1.10. The highest BCUT2D eigenvalue weighted by molar-refractivity contribution is 5.98. The molecule has 2 saturated carbocycles. The Kier molecular flexibility index (Phi) is 12.3. The van der Waals surface area contributed by atoms with Gasteiger partial charge in [-0.05, 0) is 57.8 Å². The Labute approximate surface area is 215 Å². The van der Waals surface area contributed by atoms with Crippen molar-refractivity contribution in [2.45, 2.75) is 51.9 Å².